The Kier molecular flexibility index (Phi) is 33.3. The number of carbonyl (C=O) groups excluding carboxylic acids is 3. The van der Waals surface area contributed by atoms with Crippen LogP contribution in [-0.2, 0) is 41.6 Å². The molecule has 1 heterocycles. The third kappa shape index (κ3) is 29.7. The lowest BCUT2D eigenvalue weighted by molar-refractivity contribution is -0.142. The van der Waals surface area contributed by atoms with Crippen molar-refractivity contribution < 1.29 is 38.5 Å². The lowest BCUT2D eigenvalue weighted by Crippen LogP contribution is -2.41. The lowest BCUT2D eigenvalue weighted by atomic mass is 10.0. The zero-order valence-corrected chi connectivity index (χ0v) is 33.7. The Morgan fingerprint density at radius 3 is 1.94 bits per heavy atom. The van der Waals surface area contributed by atoms with Crippen LogP contribution in [0.15, 0.2) is 6.20 Å². The molecule has 0 aliphatic carbocycles. The first kappa shape index (κ1) is 49.2. The van der Waals surface area contributed by atoms with E-state index in [1.165, 1.54) is 64.2 Å². The second kappa shape index (κ2) is 35.2. The first-order valence-electron chi connectivity index (χ1n) is 19.6. The predicted octanol–water partition coefficient (Wildman–Crippen LogP) is 5.78. The Morgan fingerprint density at radius 1 is 0.712 bits per heavy atom. The fraction of sp³-hybridized carbons (Fsp3) is 0.838. The van der Waals surface area contributed by atoms with Gasteiger partial charge in [-0.15, -0.1) is 5.10 Å². The number of unbranched alkanes of at least 4 members (excludes halogenated alkanes) is 14. The number of hydrogen-bond acceptors (Lipinski definition) is 9. The molecule has 0 aromatic carbocycles. The third-order valence-corrected chi connectivity index (χ3v) is 8.43. The molecular weight excluding hydrogens is 687 g/mol. The predicted molar refractivity (Wildman–Crippen MR) is 207 cm³/mol. The van der Waals surface area contributed by atoms with E-state index in [0.717, 1.165) is 44.2 Å². The van der Waals surface area contributed by atoms with Gasteiger partial charge in [-0.05, 0) is 19.3 Å². The van der Waals surface area contributed by atoms with Gasteiger partial charge in [0.25, 0.3) is 0 Å². The van der Waals surface area contributed by atoms with Crippen molar-refractivity contribution in [1.82, 2.24) is 30.9 Å². The number of hydrogen-bond donors (Lipinski definition) is 4. The highest BCUT2D eigenvalue weighted by Crippen LogP contribution is 2.13. The van der Waals surface area contributed by atoms with Crippen LogP contribution < -0.4 is 16.0 Å². The highest BCUT2D eigenvalue weighted by Gasteiger charge is 2.20. The van der Waals surface area contributed by atoms with Crippen molar-refractivity contribution in [2.24, 2.45) is 0 Å². The maximum Gasteiger partial charge on any atom is 0.407 e. The zero-order chi connectivity index (χ0) is 37.2. The van der Waals surface area contributed by atoms with Crippen LogP contribution in [0.5, 0.6) is 0 Å². The first-order valence-corrected chi connectivity index (χ1v) is 19.6. The van der Waals surface area contributed by atoms with Gasteiger partial charge < -0.3 is 35.3 Å². The number of carbonyl (C=O) groups is 4. The summed E-state index contributed by atoms with van der Waals surface area (Å²) in [6.45, 7) is 7.42. The summed E-state index contributed by atoms with van der Waals surface area (Å²) in [4.78, 5) is 47.7. The Labute approximate surface area is 315 Å². The summed E-state index contributed by atoms with van der Waals surface area (Å²) in [6.07, 6.45) is 21.1. The molecule has 1 aromatic heterocycles. The van der Waals surface area contributed by atoms with Crippen LogP contribution in [0, 0.1) is 0 Å². The van der Waals surface area contributed by atoms with E-state index < -0.39 is 18.1 Å². The van der Waals surface area contributed by atoms with Gasteiger partial charge in [-0.3, -0.25) is 9.59 Å². The number of rotatable bonds is 35. The average Bonchev–Trinajstić information content (AvgIpc) is 3.57. The summed E-state index contributed by atoms with van der Waals surface area (Å²) in [5.74, 6) is -1.72. The van der Waals surface area contributed by atoms with Crippen LogP contribution in [0.3, 0.4) is 0 Å². The number of alkyl carbamates (subject to hydrolysis) is 1. The van der Waals surface area contributed by atoms with Gasteiger partial charge in [-0.1, -0.05) is 109 Å². The highest BCUT2D eigenvalue weighted by molar-refractivity contribution is 6.92. The zero-order valence-electron chi connectivity index (χ0n) is 32.3. The normalized spacial score (nSPS) is 11.4. The SMILES string of the molecule is CCCCCCCCCCCCCCCC(=O)NC(CCC(=O)NCCOCCOCCn1cc(CCOC(=O)NCCCCC)nn1)C(=O)O.P. The van der Waals surface area contributed by atoms with E-state index in [2.05, 4.69) is 40.1 Å². The average molecular weight is 759 g/mol. The van der Waals surface area contributed by atoms with E-state index >= 15 is 0 Å². The van der Waals surface area contributed by atoms with Crippen molar-refractivity contribution in [1.29, 1.82) is 0 Å². The molecule has 0 aliphatic rings. The molecule has 302 valence electrons. The molecule has 1 aromatic rings. The van der Waals surface area contributed by atoms with E-state index in [4.69, 9.17) is 14.2 Å². The topological polar surface area (TPSA) is 183 Å². The van der Waals surface area contributed by atoms with Crippen LogP contribution in [0.25, 0.3) is 0 Å². The Hall–Kier alpha value is -2.83. The van der Waals surface area contributed by atoms with Gasteiger partial charge in [0.05, 0.1) is 45.3 Å². The molecular formula is C37H71N6O8P. The van der Waals surface area contributed by atoms with Crippen molar-refractivity contribution in [2.75, 3.05) is 46.1 Å². The molecule has 4 N–H and O–H groups in total. The molecule has 52 heavy (non-hydrogen) atoms. The second-order valence-electron chi connectivity index (χ2n) is 13.1. The number of nitrogens with one attached hydrogen (secondary N) is 3. The number of amides is 3. The molecule has 0 spiro atoms. The van der Waals surface area contributed by atoms with Crippen LogP contribution in [0.1, 0.15) is 142 Å². The second-order valence-corrected chi connectivity index (χ2v) is 13.1. The van der Waals surface area contributed by atoms with E-state index in [0.29, 0.717) is 52.4 Å². The molecule has 1 rings (SSSR count). The summed E-state index contributed by atoms with van der Waals surface area (Å²) in [6, 6.07) is -1.09. The quantitative estimate of drug-likeness (QED) is 0.0490. The number of ether oxygens (including phenoxy) is 3. The van der Waals surface area contributed by atoms with Crippen molar-refractivity contribution >= 4 is 33.8 Å². The maximum absolute atomic E-state index is 12.3. The van der Waals surface area contributed by atoms with Gasteiger partial charge in [0, 0.05) is 38.5 Å². The smallest absolute Gasteiger partial charge is 0.407 e. The molecule has 0 radical (unpaired) electrons. The summed E-state index contributed by atoms with van der Waals surface area (Å²) >= 11 is 0. The maximum atomic E-state index is 12.3. The number of aliphatic carboxylic acids is 1. The van der Waals surface area contributed by atoms with Crippen molar-refractivity contribution in [3.8, 4) is 0 Å². The molecule has 14 nitrogen and oxygen atoms in total. The Bertz CT molecular complexity index is 1050. The number of aromatic nitrogens is 3. The number of nitrogens with zero attached hydrogens (tertiary/aromatic N) is 3. The van der Waals surface area contributed by atoms with Crippen LogP contribution in [0.2, 0.25) is 0 Å². The summed E-state index contributed by atoms with van der Waals surface area (Å²) in [5, 5.41) is 25.6. The van der Waals surface area contributed by atoms with Crippen molar-refractivity contribution in [3.05, 3.63) is 11.9 Å². The molecule has 3 amide bonds. The highest BCUT2D eigenvalue weighted by atomic mass is 31.0. The lowest BCUT2D eigenvalue weighted by Gasteiger charge is -2.14. The molecule has 0 aliphatic heterocycles. The van der Waals surface area contributed by atoms with Crippen LogP contribution in [-0.4, -0.2) is 96.1 Å². The largest absolute Gasteiger partial charge is 0.480 e. The monoisotopic (exact) mass is 759 g/mol. The summed E-state index contributed by atoms with van der Waals surface area (Å²) in [7, 11) is 0. The van der Waals surface area contributed by atoms with E-state index in [-0.39, 0.29) is 47.7 Å². The molecule has 2 unspecified atom stereocenters. The van der Waals surface area contributed by atoms with Gasteiger partial charge in [-0.2, -0.15) is 9.90 Å². The van der Waals surface area contributed by atoms with Crippen LogP contribution in [0.4, 0.5) is 4.79 Å². The van der Waals surface area contributed by atoms with Gasteiger partial charge in [0.2, 0.25) is 11.8 Å². The third-order valence-electron chi connectivity index (χ3n) is 8.43. The summed E-state index contributed by atoms with van der Waals surface area (Å²) in [5.41, 5.74) is 0.725. The van der Waals surface area contributed by atoms with E-state index in [1.54, 1.807) is 10.9 Å². The number of carboxylic acids is 1. The molecule has 0 saturated heterocycles. The van der Waals surface area contributed by atoms with Crippen molar-refractivity contribution in [2.45, 2.75) is 155 Å². The number of carboxylic acid groups (broad SMARTS) is 1. The van der Waals surface area contributed by atoms with Crippen molar-refractivity contribution in [3.63, 3.8) is 0 Å². The summed E-state index contributed by atoms with van der Waals surface area (Å²) < 4.78 is 17.9. The standard InChI is InChI=1S/C37H68N6O8.H3P/c1-3-5-7-8-9-10-11-12-13-14-15-16-17-19-35(45)40-33(36(46)47)20-21-34(44)38-24-27-49-29-30-50-28-25-43-31-32(41-42-43)22-26-51-37(48)39-23-18-6-4-2;/h31,33H,3-30H2,1-2H3,(H,38,44)(H,39,48)(H,40,45)(H,46,47);1H3. The van der Waals surface area contributed by atoms with E-state index in [1.807, 2.05) is 0 Å². The molecule has 0 saturated carbocycles. The van der Waals surface area contributed by atoms with Gasteiger partial charge >= 0.3 is 12.1 Å². The van der Waals surface area contributed by atoms with E-state index in [9.17, 15) is 24.3 Å². The molecule has 2 atom stereocenters. The fourth-order valence-electron chi connectivity index (χ4n) is 5.36. The fourth-order valence-corrected chi connectivity index (χ4v) is 5.36. The van der Waals surface area contributed by atoms with Gasteiger partial charge in [0.1, 0.15) is 6.04 Å². The van der Waals surface area contributed by atoms with Gasteiger partial charge in [-0.25, -0.2) is 14.3 Å². The minimum Gasteiger partial charge on any atom is -0.480 e. The molecule has 0 fully saturated rings. The molecule has 0 bridgehead atoms. The van der Waals surface area contributed by atoms with Crippen LogP contribution >= 0.6 is 9.90 Å². The minimum atomic E-state index is -1.14. The molecule has 15 heteroatoms. The first-order chi connectivity index (χ1) is 24.8. The minimum absolute atomic E-state index is 0. The Morgan fingerprint density at radius 2 is 1.31 bits per heavy atom. The van der Waals surface area contributed by atoms with Gasteiger partial charge in [0.15, 0.2) is 0 Å². The Balaban J connectivity index is 0.0000260.